The summed E-state index contributed by atoms with van der Waals surface area (Å²) in [5.41, 5.74) is 0.953. The second kappa shape index (κ2) is 6.87. The Kier molecular flexibility index (Phi) is 4.68. The normalized spacial score (nSPS) is 18.2. The molecule has 2 aromatic rings. The number of aryl methyl sites for hydroxylation is 1. The Morgan fingerprint density at radius 3 is 3.18 bits per heavy atom. The molecule has 1 atom stereocenters. The summed E-state index contributed by atoms with van der Waals surface area (Å²) >= 11 is 1.67. The van der Waals surface area contributed by atoms with Gasteiger partial charge in [-0.3, -0.25) is 4.79 Å². The standard InChI is InChI=1S/C16H20N4OS/c1-12-6-7-17-16(19-12)20-8-2-4-13(11-20)15(21)18-10-14-5-3-9-22-14/h3,5-7,9,13H,2,4,8,10-11H2,1H3,(H,18,21)/t13-/m0/s1. The number of carbonyl (C=O) groups is 1. The maximum atomic E-state index is 12.4. The van der Waals surface area contributed by atoms with Gasteiger partial charge in [-0.15, -0.1) is 11.3 Å². The van der Waals surface area contributed by atoms with E-state index < -0.39 is 0 Å². The van der Waals surface area contributed by atoms with E-state index >= 15 is 0 Å². The summed E-state index contributed by atoms with van der Waals surface area (Å²) in [6, 6.07) is 5.93. The molecule has 1 aliphatic rings. The van der Waals surface area contributed by atoms with Crippen LogP contribution in [-0.4, -0.2) is 29.0 Å². The van der Waals surface area contributed by atoms with Crippen LogP contribution in [0.25, 0.3) is 0 Å². The average Bonchev–Trinajstić information content (AvgIpc) is 3.06. The van der Waals surface area contributed by atoms with Gasteiger partial charge in [0.2, 0.25) is 11.9 Å². The van der Waals surface area contributed by atoms with E-state index in [1.165, 1.54) is 4.88 Å². The Hall–Kier alpha value is -1.95. The molecule has 0 aromatic carbocycles. The maximum Gasteiger partial charge on any atom is 0.225 e. The number of aromatic nitrogens is 2. The molecule has 22 heavy (non-hydrogen) atoms. The lowest BCUT2D eigenvalue weighted by Gasteiger charge is -2.32. The molecule has 1 amide bonds. The minimum absolute atomic E-state index is 0.0119. The predicted molar refractivity (Wildman–Crippen MR) is 87.9 cm³/mol. The van der Waals surface area contributed by atoms with Gasteiger partial charge in [-0.1, -0.05) is 6.07 Å². The van der Waals surface area contributed by atoms with Crippen LogP contribution in [0, 0.1) is 12.8 Å². The number of piperidine rings is 1. The number of rotatable bonds is 4. The van der Waals surface area contributed by atoms with Crippen molar-refractivity contribution < 1.29 is 4.79 Å². The van der Waals surface area contributed by atoms with Gasteiger partial charge in [0.15, 0.2) is 0 Å². The van der Waals surface area contributed by atoms with E-state index in [-0.39, 0.29) is 11.8 Å². The average molecular weight is 316 g/mol. The fraction of sp³-hybridized carbons (Fsp3) is 0.438. The SMILES string of the molecule is Cc1ccnc(N2CCC[C@H](C(=O)NCc3cccs3)C2)n1. The van der Waals surface area contributed by atoms with E-state index in [1.54, 1.807) is 17.5 Å². The first-order valence-electron chi connectivity index (χ1n) is 7.57. The first kappa shape index (κ1) is 15.0. The van der Waals surface area contributed by atoms with Crippen LogP contribution in [0.1, 0.15) is 23.4 Å². The van der Waals surface area contributed by atoms with E-state index in [2.05, 4.69) is 20.2 Å². The second-order valence-electron chi connectivity index (χ2n) is 5.58. The molecule has 1 N–H and O–H groups in total. The maximum absolute atomic E-state index is 12.4. The van der Waals surface area contributed by atoms with Crippen LogP contribution in [0.2, 0.25) is 0 Å². The van der Waals surface area contributed by atoms with E-state index in [1.807, 2.05) is 30.5 Å². The number of thiophene rings is 1. The lowest BCUT2D eigenvalue weighted by molar-refractivity contribution is -0.125. The smallest absolute Gasteiger partial charge is 0.225 e. The number of anilines is 1. The van der Waals surface area contributed by atoms with Crippen LogP contribution in [-0.2, 0) is 11.3 Å². The molecule has 1 saturated heterocycles. The van der Waals surface area contributed by atoms with Gasteiger partial charge in [-0.25, -0.2) is 9.97 Å². The Labute approximate surface area is 134 Å². The molecule has 0 bridgehead atoms. The fourth-order valence-corrected chi connectivity index (χ4v) is 3.34. The van der Waals surface area contributed by atoms with Crippen molar-refractivity contribution in [1.29, 1.82) is 0 Å². The van der Waals surface area contributed by atoms with Crippen molar-refractivity contribution in [2.45, 2.75) is 26.3 Å². The summed E-state index contributed by atoms with van der Waals surface area (Å²) in [7, 11) is 0. The summed E-state index contributed by atoms with van der Waals surface area (Å²) in [5.74, 6) is 0.874. The highest BCUT2D eigenvalue weighted by Gasteiger charge is 2.27. The monoisotopic (exact) mass is 316 g/mol. The molecule has 0 spiro atoms. The zero-order valence-corrected chi connectivity index (χ0v) is 13.5. The number of hydrogen-bond acceptors (Lipinski definition) is 5. The van der Waals surface area contributed by atoms with Crippen molar-refractivity contribution >= 4 is 23.2 Å². The van der Waals surface area contributed by atoms with Crippen LogP contribution in [0.4, 0.5) is 5.95 Å². The Balaban J connectivity index is 1.59. The van der Waals surface area contributed by atoms with Crippen LogP contribution in [0.5, 0.6) is 0 Å². The zero-order chi connectivity index (χ0) is 15.4. The van der Waals surface area contributed by atoms with Gasteiger partial charge in [-0.2, -0.15) is 0 Å². The third-order valence-electron chi connectivity index (χ3n) is 3.87. The summed E-state index contributed by atoms with van der Waals surface area (Å²) in [6.45, 7) is 4.19. The van der Waals surface area contributed by atoms with Crippen LogP contribution in [0.15, 0.2) is 29.8 Å². The van der Waals surface area contributed by atoms with Crippen molar-refractivity contribution in [2.24, 2.45) is 5.92 Å². The number of carbonyl (C=O) groups excluding carboxylic acids is 1. The third-order valence-corrected chi connectivity index (χ3v) is 4.75. The van der Waals surface area contributed by atoms with Crippen LogP contribution < -0.4 is 10.2 Å². The van der Waals surface area contributed by atoms with Crippen molar-refractivity contribution in [1.82, 2.24) is 15.3 Å². The lowest BCUT2D eigenvalue weighted by atomic mass is 9.97. The minimum atomic E-state index is 0.0119. The van der Waals surface area contributed by atoms with Gasteiger partial charge in [-0.05, 0) is 37.3 Å². The van der Waals surface area contributed by atoms with Gasteiger partial charge < -0.3 is 10.2 Å². The van der Waals surface area contributed by atoms with Crippen molar-refractivity contribution in [3.05, 3.63) is 40.3 Å². The van der Waals surface area contributed by atoms with Gasteiger partial charge in [0, 0.05) is 29.9 Å². The Morgan fingerprint density at radius 1 is 1.50 bits per heavy atom. The molecule has 0 unspecified atom stereocenters. The van der Waals surface area contributed by atoms with E-state index in [0.717, 1.165) is 31.0 Å². The summed E-state index contributed by atoms with van der Waals surface area (Å²) in [5, 5.41) is 5.07. The first-order chi connectivity index (χ1) is 10.7. The highest BCUT2D eigenvalue weighted by Crippen LogP contribution is 2.20. The topological polar surface area (TPSA) is 58.1 Å². The third kappa shape index (κ3) is 3.62. The van der Waals surface area contributed by atoms with Gasteiger partial charge in [0.05, 0.1) is 12.5 Å². The number of nitrogens with zero attached hydrogens (tertiary/aromatic N) is 3. The van der Waals surface area contributed by atoms with Gasteiger partial charge in [0.1, 0.15) is 0 Å². The Bertz CT molecular complexity index is 629. The predicted octanol–water partition coefficient (Wildman–Crippen LogP) is 2.38. The zero-order valence-electron chi connectivity index (χ0n) is 12.7. The summed E-state index contributed by atoms with van der Waals surface area (Å²) in [4.78, 5) is 24.5. The number of hydrogen-bond donors (Lipinski definition) is 1. The molecular weight excluding hydrogens is 296 g/mol. The minimum Gasteiger partial charge on any atom is -0.351 e. The highest BCUT2D eigenvalue weighted by molar-refractivity contribution is 7.09. The molecular formula is C16H20N4OS. The van der Waals surface area contributed by atoms with Gasteiger partial charge in [0.25, 0.3) is 0 Å². The molecule has 6 heteroatoms. The molecule has 3 heterocycles. The molecule has 0 aliphatic carbocycles. The molecule has 3 rings (SSSR count). The fourth-order valence-electron chi connectivity index (χ4n) is 2.69. The number of amides is 1. The van der Waals surface area contributed by atoms with E-state index in [0.29, 0.717) is 13.1 Å². The second-order valence-corrected chi connectivity index (χ2v) is 6.61. The molecule has 0 radical (unpaired) electrons. The molecule has 1 fully saturated rings. The van der Waals surface area contributed by atoms with E-state index in [9.17, 15) is 4.79 Å². The molecule has 5 nitrogen and oxygen atoms in total. The molecule has 116 valence electrons. The number of nitrogens with one attached hydrogen (secondary N) is 1. The largest absolute Gasteiger partial charge is 0.351 e. The Morgan fingerprint density at radius 2 is 2.41 bits per heavy atom. The van der Waals surface area contributed by atoms with Crippen LogP contribution >= 0.6 is 11.3 Å². The van der Waals surface area contributed by atoms with Crippen molar-refractivity contribution in [2.75, 3.05) is 18.0 Å². The van der Waals surface area contributed by atoms with E-state index in [4.69, 9.17) is 0 Å². The molecule has 0 saturated carbocycles. The summed E-state index contributed by atoms with van der Waals surface area (Å²) in [6.07, 6.45) is 3.70. The molecule has 2 aromatic heterocycles. The highest BCUT2D eigenvalue weighted by atomic mass is 32.1. The van der Waals surface area contributed by atoms with Crippen molar-refractivity contribution in [3.8, 4) is 0 Å². The lowest BCUT2D eigenvalue weighted by Crippen LogP contribution is -2.43. The quantitative estimate of drug-likeness (QED) is 0.941. The van der Waals surface area contributed by atoms with Crippen LogP contribution in [0.3, 0.4) is 0 Å². The first-order valence-corrected chi connectivity index (χ1v) is 8.45. The summed E-state index contributed by atoms with van der Waals surface area (Å²) < 4.78 is 0. The molecule has 1 aliphatic heterocycles. The van der Waals surface area contributed by atoms with Gasteiger partial charge >= 0.3 is 0 Å². The van der Waals surface area contributed by atoms with Crippen molar-refractivity contribution in [3.63, 3.8) is 0 Å².